The lowest BCUT2D eigenvalue weighted by atomic mass is 10.2. The molecule has 1 heterocycles. The van der Waals surface area contributed by atoms with Crippen LogP contribution >= 0.6 is 0 Å². The summed E-state index contributed by atoms with van der Waals surface area (Å²) in [6.45, 7) is 3.58. The van der Waals surface area contributed by atoms with Crippen molar-refractivity contribution in [2.75, 3.05) is 6.54 Å². The molecule has 0 atom stereocenters. The number of nitrogens with zero attached hydrogens (tertiary/aromatic N) is 2. The second-order valence-corrected chi connectivity index (χ2v) is 3.90. The Kier molecular flexibility index (Phi) is 3.44. The molecule has 1 aromatic heterocycles. The van der Waals surface area contributed by atoms with Crippen molar-refractivity contribution in [3.63, 3.8) is 0 Å². The van der Waals surface area contributed by atoms with Crippen LogP contribution in [0, 0.1) is 0 Å². The predicted molar refractivity (Wildman–Crippen MR) is 67.8 cm³/mol. The van der Waals surface area contributed by atoms with E-state index in [0.717, 1.165) is 30.0 Å². The molecule has 4 nitrogen and oxygen atoms in total. The van der Waals surface area contributed by atoms with Gasteiger partial charge in [0.2, 0.25) is 0 Å². The average Bonchev–Trinajstić information content (AvgIpc) is 2.73. The average molecular weight is 231 g/mol. The summed E-state index contributed by atoms with van der Waals surface area (Å²) in [4.78, 5) is 4.43. The van der Waals surface area contributed by atoms with E-state index in [4.69, 9.17) is 5.73 Å². The Balaban J connectivity index is 2.41. The van der Waals surface area contributed by atoms with E-state index >= 15 is 0 Å². The quantitative estimate of drug-likeness (QED) is 0.843. The number of benzene rings is 1. The molecule has 2 aromatic rings. The zero-order valence-corrected chi connectivity index (χ0v) is 9.93. The highest BCUT2D eigenvalue weighted by atomic mass is 16.3. The Bertz CT molecular complexity index is 488. The van der Waals surface area contributed by atoms with Crippen molar-refractivity contribution < 1.29 is 5.11 Å². The molecule has 0 amide bonds. The standard InChI is InChI=1S/C13H17N3O/c1-2-16-11(7-8-14)9-15-13(16)10-3-5-12(17)6-4-10/h3-6,9,17H,2,7-8,14H2,1H3. The van der Waals surface area contributed by atoms with Crippen LogP contribution in [-0.2, 0) is 13.0 Å². The summed E-state index contributed by atoms with van der Waals surface area (Å²) < 4.78 is 2.15. The number of imidazole rings is 1. The maximum absolute atomic E-state index is 9.28. The maximum Gasteiger partial charge on any atom is 0.140 e. The molecular weight excluding hydrogens is 214 g/mol. The SMILES string of the molecule is CCn1c(CCN)cnc1-c1ccc(O)cc1. The lowest BCUT2D eigenvalue weighted by Crippen LogP contribution is -2.09. The van der Waals surface area contributed by atoms with Gasteiger partial charge in [-0.2, -0.15) is 0 Å². The molecule has 0 radical (unpaired) electrons. The number of aromatic hydroxyl groups is 1. The van der Waals surface area contributed by atoms with Crippen molar-refractivity contribution in [2.24, 2.45) is 5.73 Å². The Morgan fingerprint density at radius 2 is 2.00 bits per heavy atom. The summed E-state index contributed by atoms with van der Waals surface area (Å²) in [7, 11) is 0. The Labute approximate surface area is 101 Å². The molecule has 4 heteroatoms. The molecule has 0 spiro atoms. The van der Waals surface area contributed by atoms with Crippen LogP contribution in [0.4, 0.5) is 0 Å². The Hall–Kier alpha value is -1.81. The van der Waals surface area contributed by atoms with Crippen molar-refractivity contribution in [2.45, 2.75) is 19.9 Å². The van der Waals surface area contributed by atoms with Gasteiger partial charge < -0.3 is 15.4 Å². The zero-order valence-electron chi connectivity index (χ0n) is 9.93. The van der Waals surface area contributed by atoms with Crippen molar-refractivity contribution in [3.05, 3.63) is 36.2 Å². The summed E-state index contributed by atoms with van der Waals surface area (Å²) in [5, 5.41) is 9.28. The van der Waals surface area contributed by atoms with E-state index in [1.54, 1.807) is 12.1 Å². The van der Waals surface area contributed by atoms with E-state index in [9.17, 15) is 5.11 Å². The molecule has 3 N–H and O–H groups in total. The summed E-state index contributed by atoms with van der Waals surface area (Å²) in [6.07, 6.45) is 2.71. The van der Waals surface area contributed by atoms with Gasteiger partial charge in [0.25, 0.3) is 0 Å². The smallest absolute Gasteiger partial charge is 0.140 e. The van der Waals surface area contributed by atoms with E-state index < -0.39 is 0 Å². The number of hydrogen-bond donors (Lipinski definition) is 2. The molecule has 0 bridgehead atoms. The fraction of sp³-hybridized carbons (Fsp3) is 0.308. The van der Waals surface area contributed by atoms with Crippen LogP contribution in [0.25, 0.3) is 11.4 Å². The third-order valence-electron chi connectivity index (χ3n) is 2.78. The van der Waals surface area contributed by atoms with Gasteiger partial charge in [-0.3, -0.25) is 0 Å². The molecule has 17 heavy (non-hydrogen) atoms. The lowest BCUT2D eigenvalue weighted by molar-refractivity contribution is 0.475. The highest BCUT2D eigenvalue weighted by Crippen LogP contribution is 2.22. The Morgan fingerprint density at radius 1 is 1.29 bits per heavy atom. The maximum atomic E-state index is 9.28. The molecule has 0 saturated heterocycles. The summed E-state index contributed by atoms with van der Waals surface area (Å²) in [5.41, 5.74) is 7.74. The third kappa shape index (κ3) is 2.31. The van der Waals surface area contributed by atoms with Crippen molar-refractivity contribution in [1.82, 2.24) is 9.55 Å². The third-order valence-corrected chi connectivity index (χ3v) is 2.78. The molecule has 0 unspecified atom stereocenters. The minimum atomic E-state index is 0.269. The highest BCUT2D eigenvalue weighted by Gasteiger charge is 2.09. The van der Waals surface area contributed by atoms with Gasteiger partial charge in [-0.25, -0.2) is 4.98 Å². The number of aromatic nitrogens is 2. The van der Waals surface area contributed by atoms with E-state index in [1.807, 2.05) is 18.3 Å². The summed E-state index contributed by atoms with van der Waals surface area (Å²) in [5.74, 6) is 1.20. The van der Waals surface area contributed by atoms with Gasteiger partial charge in [-0.1, -0.05) is 0 Å². The first-order valence-electron chi connectivity index (χ1n) is 5.80. The van der Waals surface area contributed by atoms with E-state index in [0.29, 0.717) is 6.54 Å². The molecule has 90 valence electrons. The van der Waals surface area contributed by atoms with E-state index in [1.165, 1.54) is 0 Å². The molecule has 0 aliphatic heterocycles. The predicted octanol–water partition coefficient (Wildman–Crippen LogP) is 1.78. The van der Waals surface area contributed by atoms with E-state index in [2.05, 4.69) is 16.5 Å². The second-order valence-electron chi connectivity index (χ2n) is 3.90. The normalized spacial score (nSPS) is 10.7. The minimum absolute atomic E-state index is 0.269. The van der Waals surface area contributed by atoms with Crippen LogP contribution in [0.3, 0.4) is 0 Å². The van der Waals surface area contributed by atoms with Gasteiger partial charge in [0.1, 0.15) is 11.6 Å². The molecule has 0 saturated carbocycles. The monoisotopic (exact) mass is 231 g/mol. The van der Waals surface area contributed by atoms with Crippen molar-refractivity contribution in [3.8, 4) is 17.1 Å². The zero-order chi connectivity index (χ0) is 12.3. The fourth-order valence-electron chi connectivity index (χ4n) is 1.95. The first kappa shape index (κ1) is 11.7. The number of phenolic OH excluding ortho intramolecular Hbond substituents is 1. The minimum Gasteiger partial charge on any atom is -0.508 e. The first-order chi connectivity index (χ1) is 8.26. The number of phenols is 1. The van der Waals surface area contributed by atoms with Crippen LogP contribution in [0.15, 0.2) is 30.5 Å². The molecule has 0 aliphatic carbocycles. The van der Waals surface area contributed by atoms with Crippen LogP contribution in [0.5, 0.6) is 5.75 Å². The van der Waals surface area contributed by atoms with Crippen molar-refractivity contribution in [1.29, 1.82) is 0 Å². The topological polar surface area (TPSA) is 64.1 Å². The van der Waals surface area contributed by atoms with Crippen LogP contribution in [-0.4, -0.2) is 21.2 Å². The highest BCUT2D eigenvalue weighted by molar-refractivity contribution is 5.57. The molecule has 2 rings (SSSR count). The van der Waals surface area contributed by atoms with Crippen LogP contribution in [0.1, 0.15) is 12.6 Å². The molecular formula is C13H17N3O. The number of hydrogen-bond acceptors (Lipinski definition) is 3. The summed E-state index contributed by atoms with van der Waals surface area (Å²) in [6, 6.07) is 7.09. The first-order valence-corrected chi connectivity index (χ1v) is 5.80. The van der Waals surface area contributed by atoms with Gasteiger partial charge in [-0.15, -0.1) is 0 Å². The van der Waals surface area contributed by atoms with E-state index in [-0.39, 0.29) is 5.75 Å². The summed E-state index contributed by atoms with van der Waals surface area (Å²) >= 11 is 0. The molecule has 0 fully saturated rings. The van der Waals surface area contributed by atoms with Gasteiger partial charge in [0.15, 0.2) is 0 Å². The van der Waals surface area contributed by atoms with Gasteiger partial charge >= 0.3 is 0 Å². The van der Waals surface area contributed by atoms with Gasteiger partial charge in [0, 0.05) is 30.4 Å². The lowest BCUT2D eigenvalue weighted by Gasteiger charge is -2.08. The number of rotatable bonds is 4. The molecule has 0 aliphatic rings. The van der Waals surface area contributed by atoms with Crippen molar-refractivity contribution >= 4 is 0 Å². The Morgan fingerprint density at radius 3 is 2.59 bits per heavy atom. The second kappa shape index (κ2) is 5.01. The van der Waals surface area contributed by atoms with Gasteiger partial charge in [0.05, 0.1) is 0 Å². The van der Waals surface area contributed by atoms with Crippen LogP contribution in [0.2, 0.25) is 0 Å². The molecule has 1 aromatic carbocycles. The number of nitrogens with two attached hydrogens (primary N) is 1. The largest absolute Gasteiger partial charge is 0.508 e. The fourth-order valence-corrected chi connectivity index (χ4v) is 1.95. The van der Waals surface area contributed by atoms with Gasteiger partial charge in [-0.05, 0) is 37.7 Å². The van der Waals surface area contributed by atoms with Crippen LogP contribution < -0.4 is 5.73 Å².